The summed E-state index contributed by atoms with van der Waals surface area (Å²) in [5.74, 6) is -0.842. The number of halogens is 1. The van der Waals surface area contributed by atoms with E-state index in [0.29, 0.717) is 11.3 Å². The predicted molar refractivity (Wildman–Crippen MR) is 107 cm³/mol. The Morgan fingerprint density at radius 3 is 2.32 bits per heavy atom. The zero-order valence-electron chi connectivity index (χ0n) is 16.2. The van der Waals surface area contributed by atoms with Crippen LogP contribution in [0.15, 0.2) is 36.4 Å². The lowest BCUT2D eigenvalue weighted by Gasteiger charge is -2.19. The minimum Gasteiger partial charge on any atom is -0.324 e. The van der Waals surface area contributed by atoms with E-state index >= 15 is 0 Å². The van der Waals surface area contributed by atoms with Crippen molar-refractivity contribution < 1.29 is 17.6 Å². The Bertz CT molecular complexity index is 985. The molecule has 1 saturated heterocycles. The van der Waals surface area contributed by atoms with Crippen LogP contribution in [0.5, 0.6) is 0 Å². The number of carbonyl (C=O) groups excluding carboxylic acids is 1. The third-order valence-electron chi connectivity index (χ3n) is 4.82. The highest BCUT2D eigenvalue weighted by Gasteiger charge is 2.37. The average molecular weight is 405 g/mol. The third kappa shape index (κ3) is 4.24. The van der Waals surface area contributed by atoms with Crippen molar-refractivity contribution in [2.45, 2.75) is 27.3 Å². The molecule has 1 heterocycles. The highest BCUT2D eigenvalue weighted by Crippen LogP contribution is 2.23. The first-order chi connectivity index (χ1) is 13.2. The number of benzene rings is 2. The largest absolute Gasteiger partial charge is 0.324 e. The molecule has 8 heteroatoms. The van der Waals surface area contributed by atoms with Gasteiger partial charge in [-0.05, 0) is 38.0 Å². The van der Waals surface area contributed by atoms with E-state index < -0.39 is 21.9 Å². The van der Waals surface area contributed by atoms with E-state index in [0.717, 1.165) is 21.0 Å². The van der Waals surface area contributed by atoms with E-state index in [1.807, 2.05) is 32.9 Å². The van der Waals surface area contributed by atoms with Crippen LogP contribution in [0.3, 0.4) is 0 Å². The molecule has 1 amide bonds. The zero-order chi connectivity index (χ0) is 20.5. The van der Waals surface area contributed by atoms with Crippen molar-refractivity contribution in [3.05, 3.63) is 64.5 Å². The molecule has 0 atom stereocenters. The van der Waals surface area contributed by atoms with Gasteiger partial charge >= 0.3 is 0 Å². The van der Waals surface area contributed by atoms with Crippen molar-refractivity contribution in [2.24, 2.45) is 0 Å². The number of carbonyl (C=O) groups is 1. The number of nitrogens with one attached hydrogen (secondary N) is 1. The molecule has 1 fully saturated rings. The maximum Gasteiger partial charge on any atom is 0.282 e. The first kappa shape index (κ1) is 20.4. The number of nitrogens with zero attached hydrogens (tertiary/aromatic N) is 2. The monoisotopic (exact) mass is 405 g/mol. The van der Waals surface area contributed by atoms with Crippen molar-refractivity contribution in [3.8, 4) is 0 Å². The van der Waals surface area contributed by atoms with Gasteiger partial charge in [0.1, 0.15) is 5.82 Å². The summed E-state index contributed by atoms with van der Waals surface area (Å²) in [4.78, 5) is 12.5. The van der Waals surface area contributed by atoms with E-state index in [2.05, 4.69) is 5.32 Å². The van der Waals surface area contributed by atoms with Crippen molar-refractivity contribution in [1.29, 1.82) is 0 Å². The van der Waals surface area contributed by atoms with Gasteiger partial charge in [-0.1, -0.05) is 35.9 Å². The number of hydrogen-bond acceptors (Lipinski definition) is 3. The SMILES string of the molecule is Cc1cc(C)c(NC(=O)CN2CCN(Cc3ccccc3F)S2(=O)=O)c(C)c1. The Hall–Kier alpha value is -2.29. The van der Waals surface area contributed by atoms with Crippen LogP contribution in [0.1, 0.15) is 22.3 Å². The fourth-order valence-corrected chi connectivity index (χ4v) is 5.01. The normalized spacial score (nSPS) is 17.0. The molecule has 2 aromatic rings. The molecule has 0 saturated carbocycles. The molecular formula is C20H24FN3O3S. The van der Waals surface area contributed by atoms with Gasteiger partial charge in [0.15, 0.2) is 0 Å². The van der Waals surface area contributed by atoms with Gasteiger partial charge in [0.05, 0.1) is 6.54 Å². The van der Waals surface area contributed by atoms with E-state index in [1.165, 1.54) is 10.4 Å². The van der Waals surface area contributed by atoms with Crippen LogP contribution in [0.4, 0.5) is 10.1 Å². The smallest absolute Gasteiger partial charge is 0.282 e. The minimum atomic E-state index is -3.82. The maximum atomic E-state index is 13.8. The van der Waals surface area contributed by atoms with E-state index in [1.54, 1.807) is 18.2 Å². The number of aryl methyl sites for hydroxylation is 3. The van der Waals surface area contributed by atoms with Crippen LogP contribution in [0, 0.1) is 26.6 Å². The fraction of sp³-hybridized carbons (Fsp3) is 0.350. The summed E-state index contributed by atoms with van der Waals surface area (Å²) >= 11 is 0. The molecule has 28 heavy (non-hydrogen) atoms. The lowest BCUT2D eigenvalue weighted by molar-refractivity contribution is -0.116. The molecule has 3 rings (SSSR count). The zero-order valence-corrected chi connectivity index (χ0v) is 17.0. The Morgan fingerprint density at radius 2 is 1.68 bits per heavy atom. The van der Waals surface area contributed by atoms with Crippen LogP contribution in [0.2, 0.25) is 0 Å². The Balaban J connectivity index is 1.68. The van der Waals surface area contributed by atoms with E-state index in [-0.39, 0.29) is 26.2 Å². The predicted octanol–water partition coefficient (Wildman–Crippen LogP) is 2.75. The van der Waals surface area contributed by atoms with E-state index in [4.69, 9.17) is 0 Å². The summed E-state index contributed by atoms with van der Waals surface area (Å²) in [7, 11) is -3.82. The van der Waals surface area contributed by atoms with Crippen LogP contribution in [-0.4, -0.2) is 42.6 Å². The highest BCUT2D eigenvalue weighted by atomic mass is 32.2. The Kier molecular flexibility index (Phi) is 5.83. The molecule has 0 aliphatic carbocycles. The number of amides is 1. The second-order valence-electron chi connectivity index (χ2n) is 7.09. The second kappa shape index (κ2) is 7.98. The quantitative estimate of drug-likeness (QED) is 0.832. The molecule has 0 bridgehead atoms. The van der Waals surface area contributed by atoms with Gasteiger partial charge in [-0.3, -0.25) is 4.79 Å². The first-order valence-corrected chi connectivity index (χ1v) is 10.4. The van der Waals surface area contributed by atoms with Crippen molar-refractivity contribution >= 4 is 21.8 Å². The summed E-state index contributed by atoms with van der Waals surface area (Å²) in [6, 6.07) is 10.0. The first-order valence-electron chi connectivity index (χ1n) is 9.05. The van der Waals surface area contributed by atoms with Gasteiger partial charge in [0, 0.05) is 30.9 Å². The van der Waals surface area contributed by atoms with E-state index in [9.17, 15) is 17.6 Å². The number of hydrogen-bond donors (Lipinski definition) is 1. The van der Waals surface area contributed by atoms with Crippen molar-refractivity contribution in [1.82, 2.24) is 8.61 Å². The lowest BCUT2D eigenvalue weighted by Crippen LogP contribution is -2.38. The molecular weight excluding hydrogens is 381 g/mol. The van der Waals surface area contributed by atoms with Crippen LogP contribution in [0.25, 0.3) is 0 Å². The molecule has 2 aromatic carbocycles. The molecule has 0 aromatic heterocycles. The molecule has 0 unspecified atom stereocenters. The Morgan fingerprint density at radius 1 is 1.07 bits per heavy atom. The highest BCUT2D eigenvalue weighted by molar-refractivity contribution is 7.87. The number of anilines is 1. The second-order valence-corrected chi connectivity index (χ2v) is 9.02. The Labute approximate surface area is 165 Å². The minimum absolute atomic E-state index is 0.0523. The lowest BCUT2D eigenvalue weighted by atomic mass is 10.1. The van der Waals surface area contributed by atoms with Gasteiger partial charge in [0.25, 0.3) is 10.2 Å². The molecule has 0 spiro atoms. The molecule has 1 aliphatic heterocycles. The topological polar surface area (TPSA) is 69.7 Å². The molecule has 6 nitrogen and oxygen atoms in total. The summed E-state index contributed by atoms with van der Waals surface area (Å²) < 4.78 is 41.6. The van der Waals surface area contributed by atoms with Gasteiger partial charge in [-0.25, -0.2) is 4.39 Å². The van der Waals surface area contributed by atoms with Crippen molar-refractivity contribution in [2.75, 3.05) is 25.0 Å². The average Bonchev–Trinajstić information content (AvgIpc) is 2.87. The standard InChI is InChI=1S/C20H24FN3O3S/c1-14-10-15(2)20(16(3)11-14)22-19(25)13-24-9-8-23(28(24,26)27)12-17-6-4-5-7-18(17)21/h4-7,10-11H,8-9,12-13H2,1-3H3,(H,22,25). The fourth-order valence-electron chi connectivity index (χ4n) is 3.47. The number of rotatable bonds is 5. The van der Waals surface area contributed by atoms with Gasteiger partial charge < -0.3 is 5.32 Å². The van der Waals surface area contributed by atoms with Crippen LogP contribution < -0.4 is 5.32 Å². The van der Waals surface area contributed by atoms with Crippen LogP contribution in [-0.2, 0) is 21.5 Å². The van der Waals surface area contributed by atoms with Gasteiger partial charge in [-0.2, -0.15) is 17.0 Å². The maximum absolute atomic E-state index is 13.8. The molecule has 1 N–H and O–H groups in total. The van der Waals surface area contributed by atoms with Gasteiger partial charge in [0.2, 0.25) is 5.91 Å². The summed E-state index contributed by atoms with van der Waals surface area (Å²) in [6.45, 7) is 5.86. The van der Waals surface area contributed by atoms with Crippen molar-refractivity contribution in [3.63, 3.8) is 0 Å². The molecule has 1 aliphatic rings. The molecule has 150 valence electrons. The molecule has 0 radical (unpaired) electrons. The van der Waals surface area contributed by atoms with Crippen LogP contribution >= 0.6 is 0 Å². The summed E-state index contributed by atoms with van der Waals surface area (Å²) in [5, 5.41) is 2.82. The third-order valence-corrected chi connectivity index (χ3v) is 6.75. The summed E-state index contributed by atoms with van der Waals surface area (Å²) in [6.07, 6.45) is 0. The van der Waals surface area contributed by atoms with Gasteiger partial charge in [-0.15, -0.1) is 0 Å². The summed E-state index contributed by atoms with van der Waals surface area (Å²) in [5.41, 5.74) is 3.96.